The molecule has 106 valence electrons. The van der Waals surface area contributed by atoms with Crippen LogP contribution in [0.1, 0.15) is 26.2 Å². The van der Waals surface area contributed by atoms with Crippen molar-refractivity contribution in [1.29, 1.82) is 0 Å². The summed E-state index contributed by atoms with van der Waals surface area (Å²) in [6.07, 6.45) is -6.34. The van der Waals surface area contributed by atoms with Crippen LogP contribution in [0.5, 0.6) is 0 Å². The number of alkyl halides is 5. The van der Waals surface area contributed by atoms with Crippen LogP contribution < -0.4 is 5.73 Å². The fourth-order valence-corrected chi connectivity index (χ4v) is 0.991. The molecule has 0 aromatic heterocycles. The third-order valence-electron chi connectivity index (χ3n) is 1.89. The molecule has 0 fully saturated rings. The molecule has 0 aromatic rings. The van der Waals surface area contributed by atoms with Crippen LogP contribution in [0.3, 0.4) is 0 Å². The quantitative estimate of drug-likeness (QED) is 0.351. The number of carbonyl (C=O) groups excluding carboxylic acids is 1. The molecule has 0 rings (SSSR count). The van der Waals surface area contributed by atoms with Crippen LogP contribution in [-0.4, -0.2) is 24.7 Å². The molecular weight excluding hydrogens is 261 g/mol. The van der Waals surface area contributed by atoms with Crippen LogP contribution in [0.4, 0.5) is 22.0 Å². The summed E-state index contributed by atoms with van der Waals surface area (Å²) < 4.78 is 64.7. The number of ether oxygens (including phenoxy) is 1. The van der Waals surface area contributed by atoms with E-state index in [1.807, 2.05) is 0 Å². The molecule has 0 spiro atoms. The summed E-state index contributed by atoms with van der Waals surface area (Å²) in [6.45, 7) is 1.22. The Bertz CT molecular complexity index is 308. The molecular formula is C10H14F5NO2. The zero-order valence-electron chi connectivity index (χ0n) is 9.69. The van der Waals surface area contributed by atoms with Gasteiger partial charge in [-0.2, -0.15) is 22.0 Å². The Balaban J connectivity index is 3.83. The number of unbranched alkanes of at least 4 members (excludes halogenated alkanes) is 1. The van der Waals surface area contributed by atoms with Gasteiger partial charge in [-0.1, -0.05) is 0 Å². The van der Waals surface area contributed by atoms with Gasteiger partial charge in [-0.25, -0.2) is 4.79 Å². The van der Waals surface area contributed by atoms with E-state index in [1.165, 1.54) is 6.92 Å². The first-order valence-electron chi connectivity index (χ1n) is 5.11. The van der Waals surface area contributed by atoms with E-state index in [4.69, 9.17) is 5.73 Å². The molecule has 0 unspecified atom stereocenters. The van der Waals surface area contributed by atoms with Gasteiger partial charge in [-0.05, 0) is 19.8 Å². The van der Waals surface area contributed by atoms with Gasteiger partial charge < -0.3 is 10.5 Å². The van der Waals surface area contributed by atoms with Crippen LogP contribution in [-0.2, 0) is 9.53 Å². The summed E-state index contributed by atoms with van der Waals surface area (Å²) in [6, 6.07) is 0. The summed E-state index contributed by atoms with van der Waals surface area (Å²) in [5, 5.41) is 0. The zero-order chi connectivity index (χ0) is 14.4. The molecule has 0 radical (unpaired) electrons. The minimum absolute atomic E-state index is 0.0745. The van der Waals surface area contributed by atoms with Gasteiger partial charge in [0.1, 0.15) is 0 Å². The summed E-state index contributed by atoms with van der Waals surface area (Å²) in [4.78, 5) is 10.9. The standard InChI is InChI=1S/C10H14F5NO2/c1-7(16)6-8(17)18-5-3-2-4-9(11,12)10(13,14)15/h6H,2-5,16H2,1H3/b7-6-. The highest BCUT2D eigenvalue weighted by Gasteiger charge is 2.56. The summed E-state index contributed by atoms with van der Waals surface area (Å²) in [5.74, 6) is -5.46. The fourth-order valence-electron chi connectivity index (χ4n) is 0.991. The molecule has 0 heterocycles. The van der Waals surface area contributed by atoms with Crippen molar-refractivity contribution in [3.8, 4) is 0 Å². The highest BCUT2D eigenvalue weighted by Crippen LogP contribution is 2.38. The maximum Gasteiger partial charge on any atom is 0.453 e. The smallest absolute Gasteiger partial charge is 0.453 e. The molecule has 2 N–H and O–H groups in total. The summed E-state index contributed by atoms with van der Waals surface area (Å²) in [5.41, 5.74) is 5.38. The van der Waals surface area contributed by atoms with Crippen LogP contribution in [0, 0.1) is 0 Å². The zero-order valence-corrected chi connectivity index (χ0v) is 9.69. The number of hydrogen-bond acceptors (Lipinski definition) is 3. The van der Waals surface area contributed by atoms with Crippen LogP contribution in [0.2, 0.25) is 0 Å². The van der Waals surface area contributed by atoms with Crippen molar-refractivity contribution in [3.05, 3.63) is 11.8 Å². The minimum atomic E-state index is -5.54. The number of carbonyl (C=O) groups is 1. The van der Waals surface area contributed by atoms with Crippen molar-refractivity contribution in [2.24, 2.45) is 5.73 Å². The van der Waals surface area contributed by atoms with Gasteiger partial charge in [0, 0.05) is 18.2 Å². The van der Waals surface area contributed by atoms with Gasteiger partial charge in [-0.15, -0.1) is 0 Å². The maximum atomic E-state index is 12.4. The monoisotopic (exact) mass is 275 g/mol. The number of nitrogens with two attached hydrogens (primary N) is 1. The van der Waals surface area contributed by atoms with Crippen molar-refractivity contribution in [2.45, 2.75) is 38.3 Å². The Morgan fingerprint density at radius 2 is 1.78 bits per heavy atom. The average molecular weight is 275 g/mol. The van der Waals surface area contributed by atoms with Gasteiger partial charge in [0.25, 0.3) is 0 Å². The van der Waals surface area contributed by atoms with Gasteiger partial charge in [0.15, 0.2) is 0 Å². The van der Waals surface area contributed by atoms with Gasteiger partial charge in [0.2, 0.25) is 0 Å². The van der Waals surface area contributed by atoms with Crippen molar-refractivity contribution in [1.82, 2.24) is 0 Å². The van der Waals surface area contributed by atoms with E-state index in [0.29, 0.717) is 0 Å². The SMILES string of the molecule is C/C(N)=C/C(=O)OCCCCC(F)(F)C(F)(F)F. The second kappa shape index (κ2) is 6.55. The van der Waals surface area contributed by atoms with Gasteiger partial charge >= 0.3 is 18.1 Å². The Hall–Kier alpha value is -1.34. The Kier molecular flexibility index (Phi) is 6.07. The molecule has 0 saturated carbocycles. The van der Waals surface area contributed by atoms with Crippen molar-refractivity contribution in [3.63, 3.8) is 0 Å². The van der Waals surface area contributed by atoms with E-state index in [-0.39, 0.29) is 18.7 Å². The topological polar surface area (TPSA) is 52.3 Å². The molecule has 3 nitrogen and oxygen atoms in total. The lowest BCUT2D eigenvalue weighted by Crippen LogP contribution is -2.36. The highest BCUT2D eigenvalue weighted by atomic mass is 19.4. The Morgan fingerprint density at radius 3 is 2.22 bits per heavy atom. The first-order valence-corrected chi connectivity index (χ1v) is 5.11. The lowest BCUT2D eigenvalue weighted by Gasteiger charge is -2.19. The van der Waals surface area contributed by atoms with Crippen molar-refractivity contribution < 1.29 is 31.5 Å². The van der Waals surface area contributed by atoms with Crippen molar-refractivity contribution >= 4 is 5.97 Å². The maximum absolute atomic E-state index is 12.4. The predicted octanol–water partition coefficient (Wildman–Crippen LogP) is 2.76. The second-order valence-corrected chi connectivity index (χ2v) is 3.72. The number of esters is 1. The van der Waals surface area contributed by atoms with Crippen LogP contribution in [0.15, 0.2) is 11.8 Å². The largest absolute Gasteiger partial charge is 0.462 e. The number of allylic oxidation sites excluding steroid dienone is 1. The number of rotatable bonds is 6. The molecule has 0 saturated heterocycles. The number of halogens is 5. The van der Waals surface area contributed by atoms with E-state index < -0.39 is 30.9 Å². The first kappa shape index (κ1) is 16.7. The molecule has 0 aliphatic rings. The fraction of sp³-hybridized carbons (Fsp3) is 0.700. The second-order valence-electron chi connectivity index (χ2n) is 3.72. The third kappa shape index (κ3) is 6.41. The molecule has 0 aliphatic heterocycles. The average Bonchev–Trinajstić information content (AvgIpc) is 2.13. The minimum Gasteiger partial charge on any atom is -0.462 e. The Morgan fingerprint density at radius 1 is 1.22 bits per heavy atom. The van der Waals surface area contributed by atoms with Gasteiger partial charge in [0.05, 0.1) is 6.61 Å². The van der Waals surface area contributed by atoms with E-state index in [2.05, 4.69) is 4.74 Å². The van der Waals surface area contributed by atoms with E-state index >= 15 is 0 Å². The van der Waals surface area contributed by atoms with E-state index in [9.17, 15) is 26.7 Å². The molecule has 0 aromatic carbocycles. The van der Waals surface area contributed by atoms with E-state index in [0.717, 1.165) is 6.08 Å². The number of hydrogen-bond donors (Lipinski definition) is 1. The first-order chi connectivity index (χ1) is 8.06. The molecule has 0 atom stereocenters. The lowest BCUT2D eigenvalue weighted by molar-refractivity contribution is -0.284. The summed E-state index contributed by atoms with van der Waals surface area (Å²) in [7, 11) is 0. The van der Waals surface area contributed by atoms with Crippen LogP contribution in [0.25, 0.3) is 0 Å². The van der Waals surface area contributed by atoms with Gasteiger partial charge in [-0.3, -0.25) is 0 Å². The normalized spacial score (nSPS) is 13.6. The summed E-state index contributed by atoms with van der Waals surface area (Å²) >= 11 is 0. The Labute approximate surface area is 101 Å². The van der Waals surface area contributed by atoms with Crippen molar-refractivity contribution in [2.75, 3.05) is 6.61 Å². The predicted molar refractivity (Wildman–Crippen MR) is 53.8 cm³/mol. The lowest BCUT2D eigenvalue weighted by atomic mass is 10.1. The molecule has 0 amide bonds. The van der Waals surface area contributed by atoms with Crippen LogP contribution >= 0.6 is 0 Å². The molecule has 0 bridgehead atoms. The molecule has 0 aliphatic carbocycles. The highest BCUT2D eigenvalue weighted by molar-refractivity contribution is 5.82. The third-order valence-corrected chi connectivity index (χ3v) is 1.89. The molecule has 8 heteroatoms. The van der Waals surface area contributed by atoms with E-state index in [1.54, 1.807) is 0 Å². The molecule has 18 heavy (non-hydrogen) atoms.